The van der Waals surface area contributed by atoms with Crippen LogP contribution in [0.4, 0.5) is 10.5 Å². The smallest absolute Gasteiger partial charge is 0.294 e. The second kappa shape index (κ2) is 9.55. The van der Waals surface area contributed by atoms with Crippen LogP contribution in [-0.2, 0) is 9.59 Å². The fourth-order valence-electron chi connectivity index (χ4n) is 2.70. The molecule has 1 N–H and O–H groups in total. The van der Waals surface area contributed by atoms with Gasteiger partial charge in [-0.05, 0) is 63.6 Å². The van der Waals surface area contributed by atoms with Gasteiger partial charge in [0.15, 0.2) is 11.5 Å². The monoisotopic (exact) mass is 510 g/mol. The van der Waals surface area contributed by atoms with Crippen molar-refractivity contribution in [1.29, 1.82) is 0 Å². The van der Waals surface area contributed by atoms with Crippen molar-refractivity contribution in [2.24, 2.45) is 0 Å². The van der Waals surface area contributed by atoms with E-state index in [0.717, 1.165) is 16.7 Å². The fraction of sp³-hybridized carbons (Fsp3) is 0.150. The third-order valence-corrected chi connectivity index (χ3v) is 5.90. The van der Waals surface area contributed by atoms with E-state index in [0.29, 0.717) is 32.2 Å². The highest BCUT2D eigenvalue weighted by Crippen LogP contribution is 2.38. The summed E-state index contributed by atoms with van der Waals surface area (Å²) in [4.78, 5) is 38.4. The molecule has 0 unspecified atom stereocenters. The number of nitrogens with one attached hydrogen (secondary N) is 1. The standard InChI is InChI=1S/C20H16BrClN2O5S/c1-28-15-8-11(7-12(21)18(15)29-2)9-16-19(26)24(20(27)30-16)10-17(25)23-14-6-4-3-5-13(14)22/h3-9H,10H2,1-2H3,(H,23,25)/b16-9-. The molecule has 0 aliphatic carbocycles. The van der Waals surface area contributed by atoms with Crippen molar-refractivity contribution >= 4 is 68.1 Å². The normalized spacial score (nSPS) is 14.9. The molecule has 156 valence electrons. The number of hydrogen-bond acceptors (Lipinski definition) is 6. The fourth-order valence-corrected chi connectivity index (χ4v) is 4.35. The number of methoxy groups -OCH3 is 2. The Morgan fingerprint density at radius 1 is 1.23 bits per heavy atom. The SMILES string of the molecule is COc1cc(/C=C2\SC(=O)N(CC(=O)Nc3ccccc3Cl)C2=O)cc(Br)c1OC. The van der Waals surface area contributed by atoms with E-state index in [1.807, 2.05) is 0 Å². The lowest BCUT2D eigenvalue weighted by atomic mass is 10.2. The van der Waals surface area contributed by atoms with Gasteiger partial charge in [0.1, 0.15) is 6.54 Å². The number of carbonyl (C=O) groups is 3. The molecule has 30 heavy (non-hydrogen) atoms. The molecule has 1 fully saturated rings. The van der Waals surface area contributed by atoms with Crippen LogP contribution in [0.2, 0.25) is 5.02 Å². The van der Waals surface area contributed by atoms with Crippen molar-refractivity contribution in [3.63, 3.8) is 0 Å². The molecule has 1 saturated heterocycles. The highest BCUT2D eigenvalue weighted by molar-refractivity contribution is 9.10. The predicted molar refractivity (Wildman–Crippen MR) is 120 cm³/mol. The Morgan fingerprint density at radius 2 is 1.97 bits per heavy atom. The largest absolute Gasteiger partial charge is 0.493 e. The third kappa shape index (κ3) is 4.80. The maximum atomic E-state index is 12.7. The van der Waals surface area contributed by atoms with Crippen molar-refractivity contribution in [1.82, 2.24) is 4.90 Å². The first kappa shape index (κ1) is 22.2. The van der Waals surface area contributed by atoms with E-state index in [9.17, 15) is 14.4 Å². The molecule has 1 aliphatic heterocycles. The zero-order valence-electron chi connectivity index (χ0n) is 15.9. The minimum Gasteiger partial charge on any atom is -0.493 e. The molecule has 0 aromatic heterocycles. The number of para-hydroxylation sites is 1. The molecule has 2 aromatic carbocycles. The number of ether oxygens (including phenoxy) is 2. The number of rotatable bonds is 6. The van der Waals surface area contributed by atoms with Crippen LogP contribution in [0.5, 0.6) is 11.5 Å². The maximum Gasteiger partial charge on any atom is 0.294 e. The summed E-state index contributed by atoms with van der Waals surface area (Å²) < 4.78 is 11.2. The van der Waals surface area contributed by atoms with Crippen LogP contribution in [-0.4, -0.2) is 42.7 Å². The summed E-state index contributed by atoms with van der Waals surface area (Å²) in [7, 11) is 3.01. The highest BCUT2D eigenvalue weighted by atomic mass is 79.9. The van der Waals surface area contributed by atoms with E-state index >= 15 is 0 Å². The van der Waals surface area contributed by atoms with Gasteiger partial charge in [-0.15, -0.1) is 0 Å². The van der Waals surface area contributed by atoms with Gasteiger partial charge >= 0.3 is 0 Å². The minimum atomic E-state index is -0.551. The van der Waals surface area contributed by atoms with Gasteiger partial charge in [0.05, 0.1) is 34.3 Å². The summed E-state index contributed by atoms with van der Waals surface area (Å²) in [6.45, 7) is -0.414. The molecule has 0 spiro atoms. The van der Waals surface area contributed by atoms with E-state index in [4.69, 9.17) is 21.1 Å². The summed E-state index contributed by atoms with van der Waals surface area (Å²) >= 11 is 10.2. The number of amides is 3. The Labute approximate surface area is 190 Å². The molecular formula is C20H16BrClN2O5S. The average molecular weight is 512 g/mol. The summed E-state index contributed by atoms with van der Waals surface area (Å²) in [5.41, 5.74) is 1.03. The topological polar surface area (TPSA) is 84.9 Å². The zero-order chi connectivity index (χ0) is 21.8. The van der Waals surface area contributed by atoms with Crippen LogP contribution in [0.3, 0.4) is 0 Å². The molecule has 0 radical (unpaired) electrons. The Morgan fingerprint density at radius 3 is 2.63 bits per heavy atom. The van der Waals surface area contributed by atoms with Crippen molar-refractivity contribution in [2.75, 3.05) is 26.1 Å². The molecule has 7 nitrogen and oxygen atoms in total. The molecule has 10 heteroatoms. The number of halogens is 2. The molecule has 0 atom stereocenters. The van der Waals surface area contributed by atoms with Crippen molar-refractivity contribution in [3.05, 3.63) is 56.4 Å². The van der Waals surface area contributed by atoms with Crippen LogP contribution in [0.1, 0.15) is 5.56 Å². The predicted octanol–water partition coefficient (Wildman–Crippen LogP) is 4.79. The number of anilines is 1. The van der Waals surface area contributed by atoms with Crippen LogP contribution in [0.15, 0.2) is 45.8 Å². The molecule has 0 saturated carbocycles. The Kier molecular flexibility index (Phi) is 7.06. The molecule has 1 heterocycles. The van der Waals surface area contributed by atoms with Gasteiger partial charge in [0, 0.05) is 0 Å². The van der Waals surface area contributed by atoms with Gasteiger partial charge in [0.25, 0.3) is 11.1 Å². The first-order chi connectivity index (χ1) is 14.3. The van der Waals surface area contributed by atoms with E-state index < -0.39 is 23.6 Å². The summed E-state index contributed by atoms with van der Waals surface area (Å²) in [6.07, 6.45) is 1.56. The van der Waals surface area contributed by atoms with Crippen LogP contribution in [0, 0.1) is 0 Å². The lowest BCUT2D eigenvalue weighted by molar-refractivity contribution is -0.127. The molecule has 3 amide bonds. The second-order valence-electron chi connectivity index (χ2n) is 6.03. The molecular weight excluding hydrogens is 496 g/mol. The Bertz CT molecular complexity index is 1060. The van der Waals surface area contributed by atoms with E-state index in [2.05, 4.69) is 21.2 Å². The van der Waals surface area contributed by atoms with Gasteiger partial charge in [-0.3, -0.25) is 19.3 Å². The van der Waals surface area contributed by atoms with Gasteiger partial charge in [-0.25, -0.2) is 0 Å². The lowest BCUT2D eigenvalue weighted by Crippen LogP contribution is -2.36. The van der Waals surface area contributed by atoms with Gasteiger partial charge in [0.2, 0.25) is 5.91 Å². The number of carbonyl (C=O) groups excluding carboxylic acids is 3. The zero-order valence-corrected chi connectivity index (χ0v) is 19.1. The van der Waals surface area contributed by atoms with Crippen molar-refractivity contribution < 1.29 is 23.9 Å². The number of nitrogens with zero attached hydrogens (tertiary/aromatic N) is 1. The van der Waals surface area contributed by atoms with Gasteiger partial charge < -0.3 is 14.8 Å². The van der Waals surface area contributed by atoms with Crippen LogP contribution < -0.4 is 14.8 Å². The van der Waals surface area contributed by atoms with E-state index in [1.165, 1.54) is 14.2 Å². The van der Waals surface area contributed by atoms with Gasteiger partial charge in [-0.1, -0.05) is 23.7 Å². The van der Waals surface area contributed by atoms with E-state index in [1.54, 1.807) is 42.5 Å². The van der Waals surface area contributed by atoms with Gasteiger partial charge in [-0.2, -0.15) is 0 Å². The first-order valence-electron chi connectivity index (χ1n) is 8.55. The molecule has 1 aliphatic rings. The summed E-state index contributed by atoms with van der Waals surface area (Å²) in [6, 6.07) is 10.1. The number of imide groups is 1. The first-order valence-corrected chi connectivity index (χ1v) is 10.5. The molecule has 0 bridgehead atoms. The number of benzene rings is 2. The van der Waals surface area contributed by atoms with E-state index in [-0.39, 0.29) is 4.91 Å². The highest BCUT2D eigenvalue weighted by Gasteiger charge is 2.36. The van der Waals surface area contributed by atoms with Crippen molar-refractivity contribution in [2.45, 2.75) is 0 Å². The average Bonchev–Trinajstić information content (AvgIpc) is 2.96. The minimum absolute atomic E-state index is 0.199. The van der Waals surface area contributed by atoms with Crippen LogP contribution >= 0.6 is 39.3 Å². The van der Waals surface area contributed by atoms with Crippen LogP contribution in [0.25, 0.3) is 6.08 Å². The molecule has 2 aromatic rings. The number of thioether (sulfide) groups is 1. The maximum absolute atomic E-state index is 12.7. The lowest BCUT2D eigenvalue weighted by Gasteiger charge is -2.13. The summed E-state index contributed by atoms with van der Waals surface area (Å²) in [5.74, 6) is -0.0961. The second-order valence-corrected chi connectivity index (χ2v) is 8.29. The number of hydrogen-bond donors (Lipinski definition) is 1. The molecule has 3 rings (SSSR count). The Hall–Kier alpha value is -2.49. The van der Waals surface area contributed by atoms with Crippen molar-refractivity contribution in [3.8, 4) is 11.5 Å². The summed E-state index contributed by atoms with van der Waals surface area (Å²) in [5, 5.41) is 2.43. The Balaban J connectivity index is 1.77. The third-order valence-electron chi connectivity index (χ3n) is 4.08. The quantitative estimate of drug-likeness (QED) is 0.561.